The second kappa shape index (κ2) is 9.27. The summed E-state index contributed by atoms with van der Waals surface area (Å²) < 4.78 is 41.0. The Labute approximate surface area is 167 Å². The Morgan fingerprint density at radius 2 is 1.72 bits per heavy atom. The Morgan fingerprint density at radius 1 is 1.10 bits per heavy atom. The Morgan fingerprint density at radius 3 is 2.28 bits per heavy atom. The second-order valence-corrected chi connectivity index (χ2v) is 7.85. The summed E-state index contributed by atoms with van der Waals surface area (Å²) >= 11 is 0. The van der Waals surface area contributed by atoms with Crippen molar-refractivity contribution in [3.63, 3.8) is 0 Å². The topological polar surface area (TPSA) is 128 Å². The van der Waals surface area contributed by atoms with E-state index in [0.717, 1.165) is 6.07 Å². The molecule has 10 heteroatoms. The number of nitriles is 1. The van der Waals surface area contributed by atoms with Crippen molar-refractivity contribution in [1.29, 1.82) is 5.26 Å². The summed E-state index contributed by atoms with van der Waals surface area (Å²) in [5, 5.41) is 14.1. The Kier molecular flexibility index (Phi) is 7.03. The van der Waals surface area contributed by atoms with Gasteiger partial charge in [-0.05, 0) is 37.3 Å². The van der Waals surface area contributed by atoms with E-state index in [1.807, 2.05) is 0 Å². The zero-order chi connectivity index (χ0) is 21.6. The molecule has 0 aliphatic carbocycles. The molecule has 2 rings (SSSR count). The second-order valence-electron chi connectivity index (χ2n) is 6.14. The number of anilines is 1. The van der Waals surface area contributed by atoms with Gasteiger partial charge < -0.3 is 10.6 Å². The minimum absolute atomic E-state index is 0.0213. The summed E-state index contributed by atoms with van der Waals surface area (Å²) in [6.45, 7) is 2.62. The lowest BCUT2D eigenvalue weighted by atomic mass is 10.1. The maximum Gasteiger partial charge on any atom is 0.241 e. The molecular weight excluding hydrogens is 399 g/mol. The van der Waals surface area contributed by atoms with E-state index in [4.69, 9.17) is 0 Å². The van der Waals surface area contributed by atoms with Crippen LogP contribution in [0, 0.1) is 17.1 Å². The predicted molar refractivity (Wildman–Crippen MR) is 103 cm³/mol. The largest absolute Gasteiger partial charge is 0.335 e. The highest BCUT2D eigenvalue weighted by molar-refractivity contribution is 7.89. The van der Waals surface area contributed by atoms with Crippen LogP contribution in [0.5, 0.6) is 0 Å². The average molecular weight is 418 g/mol. The van der Waals surface area contributed by atoms with Gasteiger partial charge >= 0.3 is 0 Å². The molecule has 3 N–H and O–H groups in total. The van der Waals surface area contributed by atoms with Gasteiger partial charge in [0.1, 0.15) is 11.9 Å². The predicted octanol–water partition coefficient (Wildman–Crippen LogP) is 1.83. The highest BCUT2D eigenvalue weighted by Gasteiger charge is 2.25. The maximum absolute atomic E-state index is 13.8. The lowest BCUT2D eigenvalue weighted by Crippen LogP contribution is -2.45. The first-order valence-electron chi connectivity index (χ1n) is 8.48. The van der Waals surface area contributed by atoms with Crippen LogP contribution in [-0.2, 0) is 19.6 Å². The van der Waals surface area contributed by atoms with Crippen LogP contribution in [0.3, 0.4) is 0 Å². The van der Waals surface area contributed by atoms with Crippen LogP contribution in [0.4, 0.5) is 10.1 Å². The van der Waals surface area contributed by atoms with E-state index in [2.05, 4.69) is 15.4 Å². The number of sulfonamides is 1. The van der Waals surface area contributed by atoms with Crippen molar-refractivity contribution in [3.8, 4) is 6.07 Å². The number of nitrogens with one attached hydrogen (secondary N) is 3. The SMILES string of the molecule is CC(=O)Nc1ccc(S(=O)(=O)N[C@@H](C)C(=O)NC(C#N)c2ccccc2F)cc1. The van der Waals surface area contributed by atoms with Gasteiger partial charge in [0.15, 0.2) is 0 Å². The molecule has 0 aromatic heterocycles. The van der Waals surface area contributed by atoms with Gasteiger partial charge in [0.25, 0.3) is 0 Å². The standard InChI is InChI=1S/C19H19FN4O4S/c1-12(19(26)23-18(11-21)16-5-3-4-6-17(16)20)24-29(27,28)15-9-7-14(8-10-15)22-13(2)25/h3-10,12,18,24H,1-2H3,(H,22,25)(H,23,26)/t12-,18?/m0/s1. The number of nitrogens with zero attached hydrogens (tertiary/aromatic N) is 1. The smallest absolute Gasteiger partial charge is 0.241 e. The highest BCUT2D eigenvalue weighted by atomic mass is 32.2. The molecule has 0 bridgehead atoms. The van der Waals surface area contributed by atoms with Crippen LogP contribution < -0.4 is 15.4 Å². The van der Waals surface area contributed by atoms with Gasteiger partial charge in [-0.1, -0.05) is 18.2 Å². The summed E-state index contributed by atoms with van der Waals surface area (Å²) in [7, 11) is -4.05. The third kappa shape index (κ3) is 5.84. The van der Waals surface area contributed by atoms with E-state index in [1.165, 1.54) is 56.3 Å². The molecule has 0 radical (unpaired) electrons. The first-order valence-corrected chi connectivity index (χ1v) is 9.97. The molecule has 0 saturated heterocycles. The molecule has 2 aromatic carbocycles. The lowest BCUT2D eigenvalue weighted by molar-refractivity contribution is -0.122. The zero-order valence-electron chi connectivity index (χ0n) is 15.6. The van der Waals surface area contributed by atoms with E-state index in [0.29, 0.717) is 5.69 Å². The monoisotopic (exact) mass is 418 g/mol. The molecule has 0 spiro atoms. The van der Waals surface area contributed by atoms with Gasteiger partial charge in [0.05, 0.1) is 17.0 Å². The Bertz CT molecular complexity index is 1050. The third-order valence-corrected chi connectivity index (χ3v) is 5.40. The minimum Gasteiger partial charge on any atom is -0.335 e. The van der Waals surface area contributed by atoms with E-state index in [-0.39, 0.29) is 16.4 Å². The van der Waals surface area contributed by atoms with E-state index >= 15 is 0 Å². The van der Waals surface area contributed by atoms with Crippen LogP contribution >= 0.6 is 0 Å². The van der Waals surface area contributed by atoms with Gasteiger partial charge in [-0.3, -0.25) is 9.59 Å². The fourth-order valence-electron chi connectivity index (χ4n) is 2.43. The molecule has 2 aromatic rings. The van der Waals surface area contributed by atoms with E-state index < -0.39 is 33.8 Å². The van der Waals surface area contributed by atoms with Crippen molar-refractivity contribution in [2.24, 2.45) is 0 Å². The third-order valence-electron chi connectivity index (χ3n) is 3.84. The van der Waals surface area contributed by atoms with Crippen LogP contribution in [0.15, 0.2) is 53.4 Å². The number of carbonyl (C=O) groups excluding carboxylic acids is 2. The summed E-state index contributed by atoms with van der Waals surface area (Å²) in [4.78, 5) is 23.2. The quantitative estimate of drug-likeness (QED) is 0.632. The molecular formula is C19H19FN4O4S. The van der Waals surface area contributed by atoms with Gasteiger partial charge in [0.2, 0.25) is 21.8 Å². The fraction of sp³-hybridized carbons (Fsp3) is 0.211. The fourth-order valence-corrected chi connectivity index (χ4v) is 3.63. The van der Waals surface area contributed by atoms with Crippen LogP contribution in [0.2, 0.25) is 0 Å². The average Bonchev–Trinajstić information content (AvgIpc) is 2.66. The van der Waals surface area contributed by atoms with Crippen molar-refractivity contribution >= 4 is 27.5 Å². The van der Waals surface area contributed by atoms with Gasteiger partial charge in [0, 0.05) is 18.2 Å². The van der Waals surface area contributed by atoms with Crippen molar-refractivity contribution in [2.75, 3.05) is 5.32 Å². The number of amides is 2. The highest BCUT2D eigenvalue weighted by Crippen LogP contribution is 2.17. The molecule has 29 heavy (non-hydrogen) atoms. The van der Waals surface area contributed by atoms with Gasteiger partial charge in [-0.2, -0.15) is 9.98 Å². The number of hydrogen-bond donors (Lipinski definition) is 3. The number of hydrogen-bond acceptors (Lipinski definition) is 5. The van der Waals surface area contributed by atoms with E-state index in [1.54, 1.807) is 6.07 Å². The molecule has 0 aliphatic heterocycles. The van der Waals surface area contributed by atoms with Crippen LogP contribution in [-0.4, -0.2) is 26.3 Å². The number of rotatable bonds is 7. The molecule has 0 saturated carbocycles. The molecule has 152 valence electrons. The van der Waals surface area contributed by atoms with Crippen molar-refractivity contribution < 1.29 is 22.4 Å². The summed E-state index contributed by atoms with van der Waals surface area (Å²) in [6.07, 6.45) is 0. The molecule has 1 unspecified atom stereocenters. The summed E-state index contributed by atoms with van der Waals surface area (Å²) in [6, 6.07) is 10.1. The van der Waals surface area contributed by atoms with Crippen LogP contribution in [0.1, 0.15) is 25.5 Å². The summed E-state index contributed by atoms with van der Waals surface area (Å²) in [5.74, 6) is -1.75. The molecule has 0 heterocycles. The lowest BCUT2D eigenvalue weighted by Gasteiger charge is -2.18. The molecule has 2 atom stereocenters. The first kappa shape index (κ1) is 22.0. The molecule has 8 nitrogen and oxygen atoms in total. The van der Waals surface area contributed by atoms with Crippen molar-refractivity contribution in [1.82, 2.24) is 10.0 Å². The molecule has 0 aliphatic rings. The molecule has 0 fully saturated rings. The Hall–Kier alpha value is -3.29. The number of benzene rings is 2. The normalized spacial score (nSPS) is 13.0. The Balaban J connectivity index is 2.08. The van der Waals surface area contributed by atoms with Crippen LogP contribution in [0.25, 0.3) is 0 Å². The number of halogens is 1. The zero-order valence-corrected chi connectivity index (χ0v) is 16.5. The van der Waals surface area contributed by atoms with Crippen molar-refractivity contribution in [2.45, 2.75) is 30.8 Å². The maximum atomic E-state index is 13.8. The van der Waals surface area contributed by atoms with Gasteiger partial charge in [-0.25, -0.2) is 12.8 Å². The minimum atomic E-state index is -4.05. The first-order chi connectivity index (χ1) is 13.6. The summed E-state index contributed by atoms with van der Waals surface area (Å²) in [5.41, 5.74) is 0.399. The van der Waals surface area contributed by atoms with E-state index in [9.17, 15) is 27.7 Å². The molecule has 2 amide bonds. The van der Waals surface area contributed by atoms with Crippen molar-refractivity contribution in [3.05, 3.63) is 59.9 Å². The van der Waals surface area contributed by atoms with Gasteiger partial charge in [-0.15, -0.1) is 0 Å². The number of carbonyl (C=O) groups is 2.